The number of aromatic amines is 1. The maximum absolute atomic E-state index is 12.1. The van der Waals surface area contributed by atoms with Crippen LogP contribution < -0.4 is 16.2 Å². The second-order valence-corrected chi connectivity index (χ2v) is 5.64. The normalized spacial score (nSPS) is 10.5. The van der Waals surface area contributed by atoms with Crippen molar-refractivity contribution in [2.75, 3.05) is 6.54 Å². The lowest BCUT2D eigenvalue weighted by atomic mass is 10.1. The highest BCUT2D eigenvalue weighted by Crippen LogP contribution is 2.12. The molecule has 0 aliphatic carbocycles. The van der Waals surface area contributed by atoms with Gasteiger partial charge in [0.1, 0.15) is 0 Å². The molecule has 2 amide bonds. The molecule has 1 aromatic carbocycles. The standard InChI is InChI=1S/C18H17N5O3/c24-16(21-11-17(25)20-10-12-4-3-7-19-9-12)8-15-13-5-1-2-6-14(13)18(26)23-22-15/h1-7,9H,8,10-11H2,(H,20,25)(H,21,24)(H,23,26). The molecule has 0 atom stereocenters. The van der Waals surface area contributed by atoms with Crippen molar-refractivity contribution in [2.24, 2.45) is 0 Å². The molecule has 3 aromatic rings. The van der Waals surface area contributed by atoms with Gasteiger partial charge in [-0.3, -0.25) is 19.4 Å². The lowest BCUT2D eigenvalue weighted by Gasteiger charge is -2.08. The van der Waals surface area contributed by atoms with E-state index < -0.39 is 0 Å². The summed E-state index contributed by atoms with van der Waals surface area (Å²) in [6, 6.07) is 10.6. The summed E-state index contributed by atoms with van der Waals surface area (Å²) in [5, 5.41) is 12.7. The number of amides is 2. The quantitative estimate of drug-likeness (QED) is 0.590. The highest BCUT2D eigenvalue weighted by molar-refractivity contribution is 5.90. The Hall–Kier alpha value is -3.55. The van der Waals surface area contributed by atoms with Crippen molar-refractivity contribution in [1.82, 2.24) is 25.8 Å². The topological polar surface area (TPSA) is 117 Å². The van der Waals surface area contributed by atoms with E-state index in [1.165, 1.54) is 0 Å². The summed E-state index contributed by atoms with van der Waals surface area (Å²) in [6.07, 6.45) is 3.28. The Balaban J connectivity index is 1.54. The SMILES string of the molecule is O=C(CNC(=O)Cc1n[nH]c(=O)c2ccccc12)NCc1cccnc1. The first-order valence-electron chi connectivity index (χ1n) is 8.02. The first-order valence-corrected chi connectivity index (χ1v) is 8.02. The maximum atomic E-state index is 12.1. The van der Waals surface area contributed by atoms with E-state index in [9.17, 15) is 14.4 Å². The third kappa shape index (κ3) is 4.29. The fourth-order valence-electron chi connectivity index (χ4n) is 2.47. The van der Waals surface area contributed by atoms with Crippen LogP contribution in [-0.4, -0.2) is 33.5 Å². The molecule has 3 rings (SSSR count). The first-order chi connectivity index (χ1) is 12.6. The van der Waals surface area contributed by atoms with E-state index in [0.717, 1.165) is 5.56 Å². The summed E-state index contributed by atoms with van der Waals surface area (Å²) in [4.78, 5) is 39.6. The van der Waals surface area contributed by atoms with Gasteiger partial charge in [-0.2, -0.15) is 5.10 Å². The van der Waals surface area contributed by atoms with Gasteiger partial charge in [0, 0.05) is 24.3 Å². The van der Waals surface area contributed by atoms with Gasteiger partial charge in [-0.25, -0.2) is 5.10 Å². The number of hydrogen-bond donors (Lipinski definition) is 3. The van der Waals surface area contributed by atoms with Crippen LogP contribution in [0.1, 0.15) is 11.3 Å². The monoisotopic (exact) mass is 351 g/mol. The van der Waals surface area contributed by atoms with Crippen molar-refractivity contribution < 1.29 is 9.59 Å². The summed E-state index contributed by atoms with van der Waals surface area (Å²) >= 11 is 0. The number of nitrogens with one attached hydrogen (secondary N) is 3. The van der Waals surface area contributed by atoms with E-state index in [1.54, 1.807) is 42.7 Å². The Morgan fingerprint density at radius 3 is 2.58 bits per heavy atom. The number of nitrogens with zero attached hydrogens (tertiary/aromatic N) is 2. The Morgan fingerprint density at radius 2 is 1.81 bits per heavy atom. The van der Waals surface area contributed by atoms with E-state index in [0.29, 0.717) is 23.0 Å². The molecule has 0 aliphatic rings. The second kappa shape index (κ2) is 8.02. The van der Waals surface area contributed by atoms with Crippen LogP contribution in [0.2, 0.25) is 0 Å². The predicted molar refractivity (Wildman–Crippen MR) is 95.2 cm³/mol. The third-order valence-electron chi connectivity index (χ3n) is 3.76. The van der Waals surface area contributed by atoms with Gasteiger partial charge in [0.2, 0.25) is 11.8 Å². The zero-order chi connectivity index (χ0) is 18.4. The predicted octanol–water partition coefficient (Wildman–Crippen LogP) is 0.293. The number of H-pyrrole nitrogens is 1. The van der Waals surface area contributed by atoms with Gasteiger partial charge < -0.3 is 10.6 Å². The number of aromatic nitrogens is 3. The number of carbonyl (C=O) groups is 2. The van der Waals surface area contributed by atoms with E-state index in [1.807, 2.05) is 6.07 Å². The molecule has 8 nitrogen and oxygen atoms in total. The number of benzene rings is 1. The molecule has 0 aliphatic heterocycles. The van der Waals surface area contributed by atoms with Crippen molar-refractivity contribution in [2.45, 2.75) is 13.0 Å². The maximum Gasteiger partial charge on any atom is 0.272 e. The van der Waals surface area contributed by atoms with Gasteiger partial charge in [0.25, 0.3) is 5.56 Å². The van der Waals surface area contributed by atoms with E-state index in [-0.39, 0.29) is 30.3 Å². The molecule has 3 N–H and O–H groups in total. The zero-order valence-corrected chi connectivity index (χ0v) is 13.9. The Kier molecular flexibility index (Phi) is 5.33. The van der Waals surface area contributed by atoms with Crippen molar-refractivity contribution >= 4 is 22.6 Å². The van der Waals surface area contributed by atoms with E-state index in [2.05, 4.69) is 25.8 Å². The summed E-state index contributed by atoms with van der Waals surface area (Å²) in [6.45, 7) is 0.203. The van der Waals surface area contributed by atoms with Crippen molar-refractivity contribution in [3.8, 4) is 0 Å². The number of fused-ring (bicyclic) bond motifs is 1. The number of rotatable bonds is 6. The molecule has 0 spiro atoms. The average molecular weight is 351 g/mol. The number of carbonyl (C=O) groups excluding carboxylic acids is 2. The van der Waals surface area contributed by atoms with Crippen LogP contribution in [0.5, 0.6) is 0 Å². The fourth-order valence-corrected chi connectivity index (χ4v) is 2.47. The van der Waals surface area contributed by atoms with Crippen LogP contribution in [-0.2, 0) is 22.6 Å². The molecule has 0 fully saturated rings. The molecule has 26 heavy (non-hydrogen) atoms. The molecule has 0 saturated heterocycles. The molecule has 2 aromatic heterocycles. The highest BCUT2D eigenvalue weighted by Gasteiger charge is 2.11. The minimum atomic E-state index is -0.355. The summed E-state index contributed by atoms with van der Waals surface area (Å²) in [5.41, 5.74) is 1.02. The summed E-state index contributed by atoms with van der Waals surface area (Å²) in [7, 11) is 0. The van der Waals surface area contributed by atoms with Gasteiger partial charge in [-0.15, -0.1) is 0 Å². The smallest absolute Gasteiger partial charge is 0.272 e. The minimum Gasteiger partial charge on any atom is -0.350 e. The second-order valence-electron chi connectivity index (χ2n) is 5.64. The Morgan fingerprint density at radius 1 is 1.00 bits per heavy atom. The minimum absolute atomic E-state index is 0.0345. The average Bonchev–Trinajstić information content (AvgIpc) is 2.68. The van der Waals surface area contributed by atoms with Gasteiger partial charge in [-0.05, 0) is 17.7 Å². The van der Waals surface area contributed by atoms with Gasteiger partial charge >= 0.3 is 0 Å². The molecular weight excluding hydrogens is 334 g/mol. The van der Waals surface area contributed by atoms with Crippen molar-refractivity contribution in [3.63, 3.8) is 0 Å². The van der Waals surface area contributed by atoms with E-state index in [4.69, 9.17) is 0 Å². The molecule has 0 bridgehead atoms. The largest absolute Gasteiger partial charge is 0.350 e. The molecular formula is C18H17N5O3. The molecule has 0 unspecified atom stereocenters. The Labute approximate surface area is 148 Å². The molecule has 0 radical (unpaired) electrons. The summed E-state index contributed by atoms with van der Waals surface area (Å²) in [5.74, 6) is -0.660. The fraction of sp³-hybridized carbons (Fsp3) is 0.167. The lowest BCUT2D eigenvalue weighted by Crippen LogP contribution is -2.37. The first kappa shape index (κ1) is 17.3. The van der Waals surface area contributed by atoms with Crippen LogP contribution in [0, 0.1) is 0 Å². The van der Waals surface area contributed by atoms with Gasteiger partial charge in [-0.1, -0.05) is 24.3 Å². The van der Waals surface area contributed by atoms with Crippen LogP contribution in [0.3, 0.4) is 0 Å². The molecule has 132 valence electrons. The number of hydrogen-bond acceptors (Lipinski definition) is 5. The van der Waals surface area contributed by atoms with Crippen molar-refractivity contribution in [3.05, 3.63) is 70.4 Å². The van der Waals surface area contributed by atoms with Gasteiger partial charge in [0.15, 0.2) is 0 Å². The third-order valence-corrected chi connectivity index (χ3v) is 3.76. The highest BCUT2D eigenvalue weighted by atomic mass is 16.2. The van der Waals surface area contributed by atoms with Crippen LogP contribution in [0.15, 0.2) is 53.6 Å². The number of pyridine rings is 1. The molecule has 2 heterocycles. The van der Waals surface area contributed by atoms with Crippen LogP contribution in [0.25, 0.3) is 10.8 Å². The van der Waals surface area contributed by atoms with Crippen LogP contribution in [0.4, 0.5) is 0 Å². The lowest BCUT2D eigenvalue weighted by molar-refractivity contribution is -0.125. The van der Waals surface area contributed by atoms with Crippen molar-refractivity contribution in [1.29, 1.82) is 0 Å². The van der Waals surface area contributed by atoms with Crippen LogP contribution >= 0.6 is 0 Å². The molecule has 0 saturated carbocycles. The molecule has 8 heteroatoms. The van der Waals surface area contributed by atoms with Gasteiger partial charge in [0.05, 0.1) is 24.0 Å². The zero-order valence-electron chi connectivity index (χ0n) is 13.9. The van der Waals surface area contributed by atoms with E-state index >= 15 is 0 Å². The Bertz CT molecular complexity index is 985. The summed E-state index contributed by atoms with van der Waals surface area (Å²) < 4.78 is 0.